The van der Waals surface area contributed by atoms with Crippen LogP contribution in [0.4, 0.5) is 5.69 Å². The third-order valence-corrected chi connectivity index (χ3v) is 7.27. The second-order valence-electron chi connectivity index (χ2n) is 8.30. The Hall–Kier alpha value is -3.69. The third kappa shape index (κ3) is 6.26. The van der Waals surface area contributed by atoms with Crippen molar-refractivity contribution in [3.05, 3.63) is 89.5 Å². The zero-order valence-corrected chi connectivity index (χ0v) is 20.1. The van der Waals surface area contributed by atoms with Crippen LogP contribution < -0.4 is 20.1 Å². The van der Waals surface area contributed by atoms with Gasteiger partial charge in [0.25, 0.3) is 0 Å². The molecule has 0 unspecified atom stereocenters. The lowest BCUT2D eigenvalue weighted by molar-refractivity contribution is -0.123. The molecular weight excluding hydrogens is 466 g/mol. The number of methoxy groups -OCH3 is 1. The maximum absolute atomic E-state index is 13.2. The van der Waals surface area contributed by atoms with E-state index in [1.807, 2.05) is 42.5 Å². The van der Waals surface area contributed by atoms with Crippen LogP contribution in [0.25, 0.3) is 0 Å². The maximum atomic E-state index is 13.2. The molecule has 0 saturated carbocycles. The highest BCUT2D eigenvalue weighted by molar-refractivity contribution is 7.89. The van der Waals surface area contributed by atoms with Crippen LogP contribution in [0.5, 0.6) is 5.75 Å². The second-order valence-corrected chi connectivity index (χ2v) is 10.0. The normalized spacial score (nSPS) is 13.9. The minimum Gasteiger partial charge on any atom is -0.497 e. The Bertz CT molecular complexity index is 1310. The van der Waals surface area contributed by atoms with Gasteiger partial charge in [0.1, 0.15) is 11.8 Å². The van der Waals surface area contributed by atoms with E-state index in [2.05, 4.69) is 15.4 Å². The molecule has 0 spiro atoms. The first-order valence-electron chi connectivity index (χ1n) is 11.2. The van der Waals surface area contributed by atoms with E-state index in [0.717, 1.165) is 16.7 Å². The lowest BCUT2D eigenvalue weighted by Crippen LogP contribution is -2.47. The van der Waals surface area contributed by atoms with Gasteiger partial charge in [-0.15, -0.1) is 0 Å². The van der Waals surface area contributed by atoms with Crippen molar-refractivity contribution >= 4 is 27.5 Å². The first kappa shape index (κ1) is 24.4. The van der Waals surface area contributed by atoms with Crippen LogP contribution in [-0.2, 0) is 39.0 Å². The molecule has 3 N–H and O–H groups in total. The summed E-state index contributed by atoms with van der Waals surface area (Å²) in [4.78, 5) is 24.8. The SMILES string of the molecule is COc1ccc(CNC(=O)[C@H](Cc2ccccc2)NS(=O)(=O)c2ccc3c(c2)CCC(=O)N3)cc1. The molecule has 182 valence electrons. The van der Waals surface area contributed by atoms with Gasteiger partial charge >= 0.3 is 0 Å². The average Bonchev–Trinajstić information content (AvgIpc) is 2.87. The molecule has 0 fully saturated rings. The highest BCUT2D eigenvalue weighted by Gasteiger charge is 2.27. The largest absolute Gasteiger partial charge is 0.497 e. The molecule has 35 heavy (non-hydrogen) atoms. The number of anilines is 1. The summed E-state index contributed by atoms with van der Waals surface area (Å²) in [6.45, 7) is 0.244. The van der Waals surface area contributed by atoms with Gasteiger partial charge in [0.15, 0.2) is 0 Å². The summed E-state index contributed by atoms with van der Waals surface area (Å²) in [6, 6.07) is 20.0. The number of carbonyl (C=O) groups excluding carboxylic acids is 2. The monoisotopic (exact) mass is 493 g/mol. The van der Waals surface area contributed by atoms with Gasteiger partial charge in [-0.05, 0) is 59.9 Å². The van der Waals surface area contributed by atoms with Gasteiger partial charge in [-0.1, -0.05) is 42.5 Å². The van der Waals surface area contributed by atoms with Crippen LogP contribution in [-0.4, -0.2) is 33.4 Å². The van der Waals surface area contributed by atoms with Gasteiger partial charge < -0.3 is 15.4 Å². The quantitative estimate of drug-likeness (QED) is 0.424. The van der Waals surface area contributed by atoms with E-state index in [-0.39, 0.29) is 23.8 Å². The topological polar surface area (TPSA) is 114 Å². The third-order valence-electron chi connectivity index (χ3n) is 5.80. The second kappa shape index (κ2) is 10.7. The molecule has 1 aliphatic heterocycles. The molecule has 0 radical (unpaired) electrons. The first-order valence-corrected chi connectivity index (χ1v) is 12.7. The van der Waals surface area contributed by atoms with Gasteiger partial charge in [0.05, 0.1) is 12.0 Å². The Balaban J connectivity index is 1.52. The molecule has 3 aromatic carbocycles. The summed E-state index contributed by atoms with van der Waals surface area (Å²) in [6.07, 6.45) is 0.949. The number of aryl methyl sites for hydroxylation is 1. The summed E-state index contributed by atoms with van der Waals surface area (Å²) in [5.41, 5.74) is 3.04. The summed E-state index contributed by atoms with van der Waals surface area (Å²) in [5, 5.41) is 5.57. The Morgan fingerprint density at radius 3 is 2.46 bits per heavy atom. The van der Waals surface area contributed by atoms with Crippen molar-refractivity contribution in [2.75, 3.05) is 12.4 Å². The molecule has 8 nitrogen and oxygen atoms in total. The van der Waals surface area contributed by atoms with Crippen molar-refractivity contribution in [1.29, 1.82) is 0 Å². The first-order chi connectivity index (χ1) is 16.8. The molecule has 1 atom stereocenters. The number of carbonyl (C=O) groups is 2. The predicted molar refractivity (Wildman–Crippen MR) is 132 cm³/mol. The van der Waals surface area contributed by atoms with E-state index in [1.165, 1.54) is 6.07 Å². The average molecular weight is 494 g/mol. The number of hydrogen-bond donors (Lipinski definition) is 3. The number of benzene rings is 3. The van der Waals surface area contributed by atoms with E-state index in [4.69, 9.17) is 4.74 Å². The fourth-order valence-corrected chi connectivity index (χ4v) is 5.12. The van der Waals surface area contributed by atoms with Crippen molar-refractivity contribution in [3.8, 4) is 5.75 Å². The van der Waals surface area contributed by atoms with E-state index in [0.29, 0.717) is 24.3 Å². The zero-order chi connectivity index (χ0) is 24.8. The smallest absolute Gasteiger partial charge is 0.241 e. The van der Waals surface area contributed by atoms with Gasteiger partial charge in [0.2, 0.25) is 21.8 Å². The minimum atomic E-state index is -4.00. The number of sulfonamides is 1. The predicted octanol–water partition coefficient (Wildman–Crippen LogP) is 2.79. The molecule has 1 heterocycles. The van der Waals surface area contributed by atoms with Gasteiger partial charge in [-0.3, -0.25) is 9.59 Å². The van der Waals surface area contributed by atoms with Gasteiger partial charge in [0, 0.05) is 18.7 Å². The summed E-state index contributed by atoms with van der Waals surface area (Å²) >= 11 is 0. The molecule has 2 amide bonds. The molecule has 3 aromatic rings. The molecular formula is C26H27N3O5S. The fourth-order valence-electron chi connectivity index (χ4n) is 3.88. The Kier molecular flexibility index (Phi) is 7.48. The fraction of sp³-hybridized carbons (Fsp3) is 0.231. The highest BCUT2D eigenvalue weighted by atomic mass is 32.2. The van der Waals surface area contributed by atoms with Crippen LogP contribution in [0.15, 0.2) is 77.7 Å². The number of rotatable bonds is 9. The Morgan fingerprint density at radius 2 is 1.74 bits per heavy atom. The van der Waals surface area contributed by atoms with Crippen LogP contribution in [0.1, 0.15) is 23.1 Å². The lowest BCUT2D eigenvalue weighted by atomic mass is 10.0. The van der Waals surface area contributed by atoms with Crippen LogP contribution >= 0.6 is 0 Å². The maximum Gasteiger partial charge on any atom is 0.241 e. The van der Waals surface area contributed by atoms with Crippen LogP contribution in [0, 0.1) is 0 Å². The Labute approximate surface area is 204 Å². The van der Waals surface area contributed by atoms with Crippen molar-refractivity contribution in [3.63, 3.8) is 0 Å². The highest BCUT2D eigenvalue weighted by Crippen LogP contribution is 2.25. The van der Waals surface area contributed by atoms with Crippen molar-refractivity contribution in [2.24, 2.45) is 0 Å². The lowest BCUT2D eigenvalue weighted by Gasteiger charge is -2.21. The van der Waals surface area contributed by atoms with Crippen molar-refractivity contribution in [1.82, 2.24) is 10.0 Å². The number of amides is 2. The standard InChI is InChI=1S/C26H27N3O5S/c1-34-21-10-7-19(8-11-21)17-27-26(31)24(15-18-5-3-2-4-6-18)29-35(32,33)22-12-13-23-20(16-22)9-14-25(30)28-23/h2-8,10-13,16,24,29H,9,14-15,17H2,1H3,(H,27,31)(H,28,30)/t24-/m0/s1. The number of ether oxygens (including phenoxy) is 1. The number of fused-ring (bicyclic) bond motifs is 1. The molecule has 1 aliphatic rings. The molecule has 0 bridgehead atoms. The minimum absolute atomic E-state index is 0.0495. The molecule has 9 heteroatoms. The summed E-state index contributed by atoms with van der Waals surface area (Å²) < 4.78 is 34.2. The summed E-state index contributed by atoms with van der Waals surface area (Å²) in [7, 11) is -2.42. The number of hydrogen-bond acceptors (Lipinski definition) is 5. The number of nitrogens with one attached hydrogen (secondary N) is 3. The van der Waals surface area contributed by atoms with Gasteiger partial charge in [-0.25, -0.2) is 8.42 Å². The van der Waals surface area contributed by atoms with E-state index in [9.17, 15) is 18.0 Å². The van der Waals surface area contributed by atoms with Crippen molar-refractivity contribution < 1.29 is 22.7 Å². The molecule has 0 aromatic heterocycles. The Morgan fingerprint density at radius 1 is 1.00 bits per heavy atom. The molecule has 4 rings (SSSR count). The van der Waals surface area contributed by atoms with Crippen molar-refractivity contribution in [2.45, 2.75) is 36.7 Å². The van der Waals surface area contributed by atoms with E-state index >= 15 is 0 Å². The summed E-state index contributed by atoms with van der Waals surface area (Å²) in [5.74, 6) is 0.181. The molecule has 0 saturated heterocycles. The van der Waals surface area contributed by atoms with Gasteiger partial charge in [-0.2, -0.15) is 4.72 Å². The van der Waals surface area contributed by atoms with E-state index < -0.39 is 22.0 Å². The van der Waals surface area contributed by atoms with Crippen LogP contribution in [0.2, 0.25) is 0 Å². The van der Waals surface area contributed by atoms with Crippen LogP contribution in [0.3, 0.4) is 0 Å². The van der Waals surface area contributed by atoms with E-state index in [1.54, 1.807) is 31.4 Å². The molecule has 0 aliphatic carbocycles. The zero-order valence-electron chi connectivity index (χ0n) is 19.3.